The molecule has 1 fully saturated rings. The molecule has 1 saturated carbocycles. The van der Waals surface area contributed by atoms with Gasteiger partial charge in [-0.1, -0.05) is 30.3 Å². The number of hydrogen-bond donors (Lipinski definition) is 1. The van der Waals surface area contributed by atoms with Crippen LogP contribution in [0.4, 0.5) is 0 Å². The standard InChI is InChI=1S/C18H23NOS/c1-2-20-13-16-7-4-3-6-15(16)12-19-18(14-9-10-14)17-8-5-11-21-17/h3-8,11,14,18-19H,2,9-10,12-13H2,1H3. The fourth-order valence-electron chi connectivity index (χ4n) is 2.70. The lowest BCUT2D eigenvalue weighted by Gasteiger charge is -2.18. The van der Waals surface area contributed by atoms with Crippen LogP contribution in [0.1, 0.15) is 41.8 Å². The fourth-order valence-corrected chi connectivity index (χ4v) is 3.59. The Bertz CT molecular complexity index is 548. The molecule has 21 heavy (non-hydrogen) atoms. The first kappa shape index (κ1) is 14.8. The van der Waals surface area contributed by atoms with Crippen molar-refractivity contribution >= 4 is 11.3 Å². The van der Waals surface area contributed by atoms with E-state index >= 15 is 0 Å². The van der Waals surface area contributed by atoms with E-state index in [0.717, 1.165) is 19.1 Å². The van der Waals surface area contributed by atoms with Crippen LogP contribution < -0.4 is 5.32 Å². The molecule has 1 aliphatic rings. The highest BCUT2D eigenvalue weighted by atomic mass is 32.1. The van der Waals surface area contributed by atoms with Gasteiger partial charge in [0.25, 0.3) is 0 Å². The SMILES string of the molecule is CCOCc1ccccc1CNC(c1cccs1)C1CC1. The normalized spacial score (nSPS) is 16.0. The summed E-state index contributed by atoms with van der Waals surface area (Å²) in [5.74, 6) is 0.822. The molecular weight excluding hydrogens is 278 g/mol. The molecule has 1 aliphatic carbocycles. The third-order valence-electron chi connectivity index (χ3n) is 4.04. The van der Waals surface area contributed by atoms with Gasteiger partial charge in [-0.2, -0.15) is 0 Å². The van der Waals surface area contributed by atoms with Crippen molar-refractivity contribution in [1.82, 2.24) is 5.32 Å². The van der Waals surface area contributed by atoms with Crippen LogP contribution in [0.25, 0.3) is 0 Å². The Labute approximate surface area is 131 Å². The summed E-state index contributed by atoms with van der Waals surface area (Å²) in [7, 11) is 0. The van der Waals surface area contributed by atoms with Gasteiger partial charge >= 0.3 is 0 Å². The first-order chi connectivity index (χ1) is 10.4. The minimum absolute atomic E-state index is 0.519. The Morgan fingerprint density at radius 2 is 2.00 bits per heavy atom. The van der Waals surface area contributed by atoms with Crippen LogP contribution in [-0.4, -0.2) is 6.61 Å². The van der Waals surface area contributed by atoms with Crippen molar-refractivity contribution in [2.45, 2.75) is 39.0 Å². The molecule has 2 nitrogen and oxygen atoms in total. The minimum atomic E-state index is 0.519. The molecular formula is C18H23NOS. The summed E-state index contributed by atoms with van der Waals surface area (Å²) in [6.07, 6.45) is 2.71. The number of hydrogen-bond acceptors (Lipinski definition) is 3. The molecule has 0 amide bonds. The van der Waals surface area contributed by atoms with Gasteiger partial charge in [0.15, 0.2) is 0 Å². The summed E-state index contributed by atoms with van der Waals surface area (Å²) in [5.41, 5.74) is 2.65. The lowest BCUT2D eigenvalue weighted by molar-refractivity contribution is 0.133. The average molecular weight is 301 g/mol. The van der Waals surface area contributed by atoms with E-state index in [2.05, 4.69) is 47.1 Å². The summed E-state index contributed by atoms with van der Waals surface area (Å²) < 4.78 is 5.57. The van der Waals surface area contributed by atoms with Gasteiger partial charge in [0.05, 0.1) is 6.61 Å². The van der Waals surface area contributed by atoms with Gasteiger partial charge in [0.2, 0.25) is 0 Å². The van der Waals surface area contributed by atoms with E-state index in [1.807, 2.05) is 18.3 Å². The molecule has 1 atom stereocenters. The zero-order chi connectivity index (χ0) is 14.5. The van der Waals surface area contributed by atoms with E-state index in [1.165, 1.54) is 28.8 Å². The Morgan fingerprint density at radius 1 is 1.19 bits per heavy atom. The summed E-state index contributed by atoms with van der Waals surface area (Å²) in [6, 6.07) is 13.5. The van der Waals surface area contributed by atoms with E-state index in [1.54, 1.807) is 0 Å². The molecule has 112 valence electrons. The molecule has 0 bridgehead atoms. The number of rotatable bonds is 8. The number of thiophene rings is 1. The van der Waals surface area contributed by atoms with Gasteiger partial charge < -0.3 is 10.1 Å². The molecule has 3 heteroatoms. The quantitative estimate of drug-likeness (QED) is 0.773. The van der Waals surface area contributed by atoms with E-state index in [9.17, 15) is 0 Å². The van der Waals surface area contributed by atoms with Crippen molar-refractivity contribution in [2.75, 3.05) is 6.61 Å². The molecule has 3 rings (SSSR count). The van der Waals surface area contributed by atoms with Crippen molar-refractivity contribution in [3.05, 3.63) is 57.8 Å². The fraction of sp³-hybridized carbons (Fsp3) is 0.444. The van der Waals surface area contributed by atoms with Crippen LogP contribution in [0.5, 0.6) is 0 Å². The van der Waals surface area contributed by atoms with Crippen LogP contribution in [0.2, 0.25) is 0 Å². The maximum absolute atomic E-state index is 5.57. The topological polar surface area (TPSA) is 21.3 Å². The average Bonchev–Trinajstić information content (AvgIpc) is 3.21. The van der Waals surface area contributed by atoms with Gasteiger partial charge in [-0.3, -0.25) is 0 Å². The Morgan fingerprint density at radius 3 is 2.67 bits per heavy atom. The highest BCUT2D eigenvalue weighted by Gasteiger charge is 2.32. The molecule has 0 saturated heterocycles. The number of benzene rings is 1. The Kier molecular flexibility index (Phi) is 5.07. The molecule has 1 aromatic heterocycles. The van der Waals surface area contributed by atoms with Crippen LogP contribution in [0, 0.1) is 5.92 Å². The van der Waals surface area contributed by atoms with Crippen molar-refractivity contribution in [2.24, 2.45) is 5.92 Å². The third-order valence-corrected chi connectivity index (χ3v) is 4.99. The van der Waals surface area contributed by atoms with E-state index in [4.69, 9.17) is 4.74 Å². The molecule has 0 spiro atoms. The largest absolute Gasteiger partial charge is 0.377 e. The first-order valence-corrected chi connectivity index (χ1v) is 8.67. The highest BCUT2D eigenvalue weighted by Crippen LogP contribution is 2.42. The van der Waals surface area contributed by atoms with E-state index in [0.29, 0.717) is 12.6 Å². The van der Waals surface area contributed by atoms with Crippen LogP contribution in [0.3, 0.4) is 0 Å². The smallest absolute Gasteiger partial charge is 0.0719 e. The van der Waals surface area contributed by atoms with Gasteiger partial charge in [-0.15, -0.1) is 11.3 Å². The highest BCUT2D eigenvalue weighted by molar-refractivity contribution is 7.10. The maximum atomic E-state index is 5.57. The molecule has 1 aromatic carbocycles. The van der Waals surface area contributed by atoms with Crippen LogP contribution in [0.15, 0.2) is 41.8 Å². The zero-order valence-corrected chi connectivity index (χ0v) is 13.4. The Hall–Kier alpha value is -1.16. The molecule has 2 aromatic rings. The monoisotopic (exact) mass is 301 g/mol. The lowest BCUT2D eigenvalue weighted by atomic mass is 10.1. The predicted octanol–water partition coefficient (Wildman–Crippen LogP) is 4.53. The molecule has 1 N–H and O–H groups in total. The van der Waals surface area contributed by atoms with Gasteiger partial charge in [0.1, 0.15) is 0 Å². The van der Waals surface area contributed by atoms with Crippen molar-refractivity contribution in [3.63, 3.8) is 0 Å². The van der Waals surface area contributed by atoms with Crippen molar-refractivity contribution in [3.8, 4) is 0 Å². The molecule has 1 unspecified atom stereocenters. The van der Waals surface area contributed by atoms with Crippen LogP contribution in [-0.2, 0) is 17.9 Å². The van der Waals surface area contributed by atoms with Crippen molar-refractivity contribution < 1.29 is 4.74 Å². The number of ether oxygens (including phenoxy) is 1. The van der Waals surface area contributed by atoms with Gasteiger partial charge in [0, 0.05) is 24.1 Å². The second kappa shape index (κ2) is 7.21. The van der Waals surface area contributed by atoms with Gasteiger partial charge in [-0.25, -0.2) is 0 Å². The molecule has 0 aliphatic heterocycles. The summed E-state index contributed by atoms with van der Waals surface area (Å²) in [6.45, 7) is 4.44. The Balaban J connectivity index is 1.66. The molecule has 1 heterocycles. The second-order valence-corrected chi connectivity index (χ2v) is 6.60. The molecule has 0 radical (unpaired) electrons. The third kappa shape index (κ3) is 3.94. The van der Waals surface area contributed by atoms with Gasteiger partial charge in [-0.05, 0) is 48.3 Å². The number of nitrogens with one attached hydrogen (secondary N) is 1. The van der Waals surface area contributed by atoms with Crippen molar-refractivity contribution in [1.29, 1.82) is 0 Å². The predicted molar refractivity (Wildman–Crippen MR) is 88.4 cm³/mol. The lowest BCUT2D eigenvalue weighted by Crippen LogP contribution is -2.22. The van der Waals surface area contributed by atoms with E-state index in [-0.39, 0.29) is 0 Å². The zero-order valence-electron chi connectivity index (χ0n) is 12.5. The first-order valence-electron chi connectivity index (χ1n) is 7.79. The second-order valence-electron chi connectivity index (χ2n) is 5.62. The summed E-state index contributed by atoms with van der Waals surface area (Å²) in [4.78, 5) is 1.47. The minimum Gasteiger partial charge on any atom is -0.377 e. The van der Waals surface area contributed by atoms with Crippen LogP contribution >= 0.6 is 11.3 Å². The maximum Gasteiger partial charge on any atom is 0.0719 e. The summed E-state index contributed by atoms with van der Waals surface area (Å²) in [5, 5.41) is 5.95. The summed E-state index contributed by atoms with van der Waals surface area (Å²) >= 11 is 1.87. The van der Waals surface area contributed by atoms with E-state index < -0.39 is 0 Å².